The van der Waals surface area contributed by atoms with Crippen molar-refractivity contribution < 1.29 is 9.59 Å². The van der Waals surface area contributed by atoms with Gasteiger partial charge in [-0.1, -0.05) is 13.8 Å². The largest absolute Gasteiger partial charge is 0.396 e. The number of primary amides is 1. The number of Topliss-reactive ketones (excluding diaryl/α,β-unsaturated/α-hetero) is 1. The van der Waals surface area contributed by atoms with E-state index in [4.69, 9.17) is 11.5 Å². The second-order valence-electron chi connectivity index (χ2n) is 9.23. The molecule has 0 heterocycles. The van der Waals surface area contributed by atoms with Crippen molar-refractivity contribution >= 4 is 11.7 Å². The number of fused-ring (bicyclic) bond motifs is 5. The minimum absolute atomic E-state index is 0.0474. The van der Waals surface area contributed by atoms with Gasteiger partial charge in [0.1, 0.15) is 0 Å². The smallest absolute Gasteiger partial charge is 0.221 e. The first-order valence-corrected chi connectivity index (χ1v) is 9.60. The average molecular weight is 330 g/mol. The summed E-state index contributed by atoms with van der Waals surface area (Å²) < 4.78 is 0. The van der Waals surface area contributed by atoms with E-state index in [1.807, 2.05) is 0 Å². The summed E-state index contributed by atoms with van der Waals surface area (Å²) in [6.45, 7) is 4.66. The second kappa shape index (κ2) is 5.09. The number of amides is 1. The van der Waals surface area contributed by atoms with Crippen LogP contribution in [-0.4, -0.2) is 11.7 Å². The summed E-state index contributed by atoms with van der Waals surface area (Å²) in [7, 11) is 0. The topological polar surface area (TPSA) is 86.2 Å². The molecule has 3 saturated carbocycles. The van der Waals surface area contributed by atoms with Gasteiger partial charge in [-0.15, -0.1) is 0 Å². The highest BCUT2D eigenvalue weighted by Gasteiger charge is 2.60. The fraction of sp³-hybridized carbons (Fsp3) is 0.800. The molecule has 1 unspecified atom stereocenters. The van der Waals surface area contributed by atoms with Crippen LogP contribution in [0, 0.1) is 34.5 Å². The number of allylic oxidation sites excluding steroid dienone is 1. The second-order valence-corrected chi connectivity index (χ2v) is 9.23. The molecule has 24 heavy (non-hydrogen) atoms. The van der Waals surface area contributed by atoms with Gasteiger partial charge in [-0.25, -0.2) is 0 Å². The van der Waals surface area contributed by atoms with Crippen LogP contribution in [0.4, 0.5) is 0 Å². The Hall–Kier alpha value is -1.32. The molecule has 132 valence electrons. The standard InChI is InChI=1S/C20H30N2O2/c1-19-10-8-16(23)17(21)14(19)4-3-11-12-5-6-15(18(22)24)20(12,2)9-7-13(11)19/h11-13,15H,3-10,21H2,1-2H3,(H2,22,24)/t11-,12-,13+,15?,19+,20-/m0/s1. The first-order valence-electron chi connectivity index (χ1n) is 9.60. The molecule has 0 aliphatic heterocycles. The third-order valence-electron chi connectivity index (χ3n) is 8.51. The SMILES string of the molecule is C[C@]12CCC(=O)C(N)=C1CC[C@@H]1[C@H]2CC[C@]2(C)C(C(N)=O)CC[C@@H]12. The van der Waals surface area contributed by atoms with E-state index in [9.17, 15) is 9.59 Å². The van der Waals surface area contributed by atoms with Crippen LogP contribution in [0.5, 0.6) is 0 Å². The van der Waals surface area contributed by atoms with Gasteiger partial charge in [0, 0.05) is 12.3 Å². The Morgan fingerprint density at radius 2 is 1.79 bits per heavy atom. The summed E-state index contributed by atoms with van der Waals surface area (Å²) in [6, 6.07) is 0. The van der Waals surface area contributed by atoms with Gasteiger partial charge in [0.05, 0.1) is 5.70 Å². The van der Waals surface area contributed by atoms with E-state index in [0.717, 1.165) is 44.9 Å². The molecule has 4 heteroatoms. The van der Waals surface area contributed by atoms with Gasteiger partial charge in [-0.3, -0.25) is 9.59 Å². The van der Waals surface area contributed by atoms with E-state index in [2.05, 4.69) is 13.8 Å². The lowest BCUT2D eigenvalue weighted by molar-refractivity contribution is -0.129. The summed E-state index contributed by atoms with van der Waals surface area (Å²) in [5, 5.41) is 0. The van der Waals surface area contributed by atoms with Crippen LogP contribution in [-0.2, 0) is 9.59 Å². The van der Waals surface area contributed by atoms with E-state index in [1.54, 1.807) is 0 Å². The van der Waals surface area contributed by atoms with E-state index in [0.29, 0.717) is 29.9 Å². The highest BCUT2D eigenvalue weighted by Crippen LogP contribution is 2.66. The van der Waals surface area contributed by atoms with E-state index in [1.165, 1.54) is 5.57 Å². The lowest BCUT2D eigenvalue weighted by Crippen LogP contribution is -2.52. The third kappa shape index (κ3) is 1.91. The Kier molecular flexibility index (Phi) is 3.43. The number of nitrogens with two attached hydrogens (primary N) is 2. The van der Waals surface area contributed by atoms with Crippen LogP contribution in [0.1, 0.15) is 65.2 Å². The molecule has 4 nitrogen and oxygen atoms in total. The Bertz CT molecular complexity index is 640. The Balaban J connectivity index is 1.69. The van der Waals surface area contributed by atoms with E-state index < -0.39 is 0 Å². The number of carbonyl (C=O) groups is 2. The number of ketones is 1. The summed E-state index contributed by atoms with van der Waals surface area (Å²) >= 11 is 0. The highest BCUT2D eigenvalue weighted by molar-refractivity contribution is 5.96. The number of hydrogen-bond acceptors (Lipinski definition) is 3. The van der Waals surface area contributed by atoms with Gasteiger partial charge in [-0.05, 0) is 79.1 Å². The number of rotatable bonds is 1. The maximum atomic E-state index is 12.1. The zero-order valence-corrected chi connectivity index (χ0v) is 14.9. The first-order chi connectivity index (χ1) is 11.3. The molecular formula is C20H30N2O2. The molecule has 4 aliphatic rings. The van der Waals surface area contributed by atoms with Gasteiger partial charge >= 0.3 is 0 Å². The monoisotopic (exact) mass is 330 g/mol. The van der Waals surface area contributed by atoms with Crippen molar-refractivity contribution in [3.05, 3.63) is 11.3 Å². The van der Waals surface area contributed by atoms with Crippen molar-refractivity contribution in [2.24, 2.45) is 46.0 Å². The highest BCUT2D eigenvalue weighted by atomic mass is 16.1. The Labute approximate surface area is 144 Å². The van der Waals surface area contributed by atoms with Crippen molar-refractivity contribution in [1.82, 2.24) is 0 Å². The molecule has 0 aromatic rings. The molecule has 0 bridgehead atoms. The molecule has 6 atom stereocenters. The zero-order chi connectivity index (χ0) is 17.3. The molecule has 4 N–H and O–H groups in total. The van der Waals surface area contributed by atoms with E-state index >= 15 is 0 Å². The molecule has 0 aromatic heterocycles. The van der Waals surface area contributed by atoms with Crippen LogP contribution < -0.4 is 11.5 Å². The van der Waals surface area contributed by atoms with Crippen molar-refractivity contribution in [3.8, 4) is 0 Å². The normalized spacial score (nSPS) is 47.8. The molecule has 0 aromatic carbocycles. The van der Waals surface area contributed by atoms with Crippen LogP contribution in [0.2, 0.25) is 0 Å². The predicted molar refractivity (Wildman–Crippen MR) is 92.5 cm³/mol. The van der Waals surface area contributed by atoms with Gasteiger partial charge in [0.15, 0.2) is 5.78 Å². The number of hydrogen-bond donors (Lipinski definition) is 2. The van der Waals surface area contributed by atoms with E-state index in [-0.39, 0.29) is 28.4 Å². The molecule has 0 radical (unpaired) electrons. The van der Waals surface area contributed by atoms with Crippen molar-refractivity contribution in [1.29, 1.82) is 0 Å². The summed E-state index contributed by atoms with van der Waals surface area (Å²) in [5.74, 6) is 1.96. The minimum atomic E-state index is -0.103. The van der Waals surface area contributed by atoms with Gasteiger partial charge < -0.3 is 11.5 Å². The molecule has 0 saturated heterocycles. The summed E-state index contributed by atoms with van der Waals surface area (Å²) in [5.41, 5.74) is 13.9. The summed E-state index contributed by atoms with van der Waals surface area (Å²) in [6.07, 6.45) is 7.95. The molecule has 1 amide bonds. The van der Waals surface area contributed by atoms with Crippen LogP contribution in [0.3, 0.4) is 0 Å². The fourth-order valence-corrected chi connectivity index (χ4v) is 7.22. The van der Waals surface area contributed by atoms with Crippen molar-refractivity contribution in [2.45, 2.75) is 65.2 Å². The van der Waals surface area contributed by atoms with Gasteiger partial charge in [-0.2, -0.15) is 0 Å². The number of carbonyl (C=O) groups excluding carboxylic acids is 2. The molecule has 0 spiro atoms. The lowest BCUT2D eigenvalue weighted by Gasteiger charge is -2.58. The van der Waals surface area contributed by atoms with Crippen LogP contribution in [0.15, 0.2) is 11.3 Å². The van der Waals surface area contributed by atoms with Crippen molar-refractivity contribution in [2.75, 3.05) is 0 Å². The third-order valence-corrected chi connectivity index (χ3v) is 8.51. The van der Waals surface area contributed by atoms with Crippen molar-refractivity contribution in [3.63, 3.8) is 0 Å². The van der Waals surface area contributed by atoms with Gasteiger partial charge in [0.25, 0.3) is 0 Å². The predicted octanol–water partition coefficient (Wildman–Crippen LogP) is 2.91. The molecule has 3 fully saturated rings. The first kappa shape index (κ1) is 16.2. The average Bonchev–Trinajstić information content (AvgIpc) is 2.89. The Morgan fingerprint density at radius 1 is 1.04 bits per heavy atom. The Morgan fingerprint density at radius 3 is 2.50 bits per heavy atom. The molecular weight excluding hydrogens is 300 g/mol. The van der Waals surface area contributed by atoms with Crippen LogP contribution in [0.25, 0.3) is 0 Å². The minimum Gasteiger partial charge on any atom is -0.396 e. The maximum Gasteiger partial charge on any atom is 0.221 e. The molecule has 4 aliphatic carbocycles. The zero-order valence-electron chi connectivity index (χ0n) is 14.9. The quantitative estimate of drug-likeness (QED) is 0.775. The fourth-order valence-electron chi connectivity index (χ4n) is 7.22. The van der Waals surface area contributed by atoms with Gasteiger partial charge in [0.2, 0.25) is 5.91 Å². The lowest BCUT2D eigenvalue weighted by atomic mass is 9.46. The maximum absolute atomic E-state index is 12.1. The molecule has 4 rings (SSSR count). The van der Waals surface area contributed by atoms with Crippen LogP contribution >= 0.6 is 0 Å². The summed E-state index contributed by atoms with van der Waals surface area (Å²) in [4.78, 5) is 24.0.